The Hall–Kier alpha value is -2.82. The van der Waals surface area contributed by atoms with E-state index in [2.05, 4.69) is 5.32 Å². The molecule has 0 saturated heterocycles. The third-order valence-corrected chi connectivity index (χ3v) is 4.98. The molecule has 1 unspecified atom stereocenters. The minimum atomic E-state index is -0.817. The first kappa shape index (κ1) is 19.9. The van der Waals surface area contributed by atoms with E-state index in [4.69, 9.17) is 9.47 Å². The highest BCUT2D eigenvalue weighted by molar-refractivity contribution is 5.95. The molecule has 1 fully saturated rings. The molecular weight excluding hydrogens is 354 g/mol. The van der Waals surface area contributed by atoms with Crippen molar-refractivity contribution in [3.8, 4) is 5.75 Å². The second-order valence-corrected chi connectivity index (χ2v) is 7.27. The van der Waals surface area contributed by atoms with Crippen LogP contribution in [0.2, 0.25) is 0 Å². The highest BCUT2D eigenvalue weighted by atomic mass is 16.5. The van der Waals surface area contributed by atoms with Gasteiger partial charge in [-0.3, -0.25) is 9.59 Å². The van der Waals surface area contributed by atoms with Gasteiger partial charge in [0.05, 0.1) is 0 Å². The number of benzene rings is 2. The van der Waals surface area contributed by atoms with Gasteiger partial charge in [0.25, 0.3) is 5.91 Å². The molecule has 0 spiro atoms. The molecule has 1 atom stereocenters. The van der Waals surface area contributed by atoms with Crippen molar-refractivity contribution in [1.29, 1.82) is 0 Å². The number of carbonyl (C=O) groups excluding carboxylic acids is 2. The van der Waals surface area contributed by atoms with Gasteiger partial charge in [-0.15, -0.1) is 0 Å². The first-order chi connectivity index (χ1) is 13.6. The third-order valence-electron chi connectivity index (χ3n) is 4.98. The number of esters is 1. The quantitative estimate of drug-likeness (QED) is 0.672. The van der Waals surface area contributed by atoms with Crippen LogP contribution in [0.4, 0.5) is 5.69 Å². The second kappa shape index (κ2) is 9.93. The summed E-state index contributed by atoms with van der Waals surface area (Å²) in [6.07, 6.45) is 4.11. The number of anilines is 1. The lowest BCUT2D eigenvalue weighted by Gasteiger charge is -2.15. The number of carbonyl (C=O) groups is 2. The Balaban J connectivity index is 1.43. The molecule has 28 heavy (non-hydrogen) atoms. The van der Waals surface area contributed by atoms with Crippen molar-refractivity contribution in [2.24, 2.45) is 5.92 Å². The molecule has 0 aromatic heterocycles. The maximum Gasteiger partial charge on any atom is 0.306 e. The Kier molecular flexibility index (Phi) is 7.06. The maximum absolute atomic E-state index is 12.3. The highest BCUT2D eigenvalue weighted by Crippen LogP contribution is 2.28. The van der Waals surface area contributed by atoms with Gasteiger partial charge < -0.3 is 14.8 Å². The van der Waals surface area contributed by atoms with Gasteiger partial charge in [-0.05, 0) is 55.5 Å². The van der Waals surface area contributed by atoms with Gasteiger partial charge in [0.2, 0.25) is 0 Å². The highest BCUT2D eigenvalue weighted by Gasteiger charge is 2.23. The number of hydrogen-bond donors (Lipinski definition) is 1. The van der Waals surface area contributed by atoms with E-state index in [9.17, 15) is 9.59 Å². The van der Waals surface area contributed by atoms with E-state index < -0.39 is 6.10 Å². The van der Waals surface area contributed by atoms with Crippen molar-refractivity contribution in [2.75, 3.05) is 5.32 Å². The third kappa shape index (κ3) is 6.12. The smallest absolute Gasteiger partial charge is 0.306 e. The van der Waals surface area contributed by atoms with Gasteiger partial charge in [-0.2, -0.15) is 0 Å². The molecule has 148 valence electrons. The Morgan fingerprint density at radius 3 is 2.39 bits per heavy atom. The number of ether oxygens (including phenoxy) is 2. The Morgan fingerprint density at radius 2 is 1.71 bits per heavy atom. The van der Waals surface area contributed by atoms with E-state index in [1.165, 1.54) is 12.8 Å². The summed E-state index contributed by atoms with van der Waals surface area (Å²) in [6, 6.07) is 17.1. The molecule has 1 N–H and O–H groups in total. The van der Waals surface area contributed by atoms with Crippen LogP contribution in [0.5, 0.6) is 5.75 Å². The van der Waals surface area contributed by atoms with Gasteiger partial charge in [0.1, 0.15) is 12.4 Å². The standard InChI is InChI=1S/C23H27NO4/c1-17(28-22(25)15-18-7-5-6-8-18)23(26)24-20-11-13-21(14-12-20)27-16-19-9-3-2-4-10-19/h2-4,9-14,17-18H,5-8,15-16H2,1H3,(H,24,26). The first-order valence-electron chi connectivity index (χ1n) is 9.87. The van der Waals surface area contributed by atoms with Gasteiger partial charge >= 0.3 is 5.97 Å². The summed E-state index contributed by atoms with van der Waals surface area (Å²) in [5.41, 5.74) is 1.73. The molecule has 1 amide bonds. The summed E-state index contributed by atoms with van der Waals surface area (Å²) in [6.45, 7) is 2.08. The zero-order valence-corrected chi connectivity index (χ0v) is 16.2. The molecule has 2 aromatic rings. The van der Waals surface area contributed by atoms with Crippen molar-refractivity contribution in [1.82, 2.24) is 0 Å². The molecule has 1 aliphatic carbocycles. The lowest BCUT2D eigenvalue weighted by molar-refractivity contribution is -0.154. The number of hydrogen-bond acceptors (Lipinski definition) is 4. The lowest BCUT2D eigenvalue weighted by atomic mass is 10.0. The summed E-state index contributed by atoms with van der Waals surface area (Å²) < 4.78 is 11.0. The van der Waals surface area contributed by atoms with Crippen LogP contribution in [0.1, 0.15) is 44.6 Å². The molecule has 0 radical (unpaired) electrons. The summed E-state index contributed by atoms with van der Waals surface area (Å²) in [5, 5.41) is 2.77. The summed E-state index contributed by atoms with van der Waals surface area (Å²) >= 11 is 0. The Labute approximate surface area is 166 Å². The summed E-state index contributed by atoms with van der Waals surface area (Å²) in [5.74, 6) is 0.501. The van der Waals surface area contributed by atoms with Crippen molar-refractivity contribution in [3.63, 3.8) is 0 Å². The van der Waals surface area contributed by atoms with E-state index in [1.54, 1.807) is 31.2 Å². The number of nitrogens with one attached hydrogen (secondary N) is 1. The molecule has 0 bridgehead atoms. The second-order valence-electron chi connectivity index (χ2n) is 7.27. The van der Waals surface area contributed by atoms with Crippen LogP contribution in [0.15, 0.2) is 54.6 Å². The molecule has 0 aliphatic heterocycles. The van der Waals surface area contributed by atoms with Gasteiger partial charge in [0.15, 0.2) is 6.10 Å². The van der Waals surface area contributed by atoms with Crippen molar-refractivity contribution in [2.45, 2.75) is 51.7 Å². The fourth-order valence-electron chi connectivity index (χ4n) is 3.37. The molecule has 5 heteroatoms. The number of rotatable bonds is 8. The monoisotopic (exact) mass is 381 g/mol. The zero-order valence-electron chi connectivity index (χ0n) is 16.2. The fourth-order valence-corrected chi connectivity index (χ4v) is 3.37. The van der Waals surface area contributed by atoms with E-state index >= 15 is 0 Å². The minimum Gasteiger partial charge on any atom is -0.489 e. The van der Waals surface area contributed by atoms with Crippen LogP contribution in [0.3, 0.4) is 0 Å². The maximum atomic E-state index is 12.3. The minimum absolute atomic E-state index is 0.292. The van der Waals surface area contributed by atoms with E-state index in [1.807, 2.05) is 30.3 Å². The largest absolute Gasteiger partial charge is 0.489 e. The molecule has 1 saturated carbocycles. The molecule has 3 rings (SSSR count). The molecule has 5 nitrogen and oxygen atoms in total. The van der Waals surface area contributed by atoms with E-state index in [0.717, 1.165) is 24.2 Å². The summed E-state index contributed by atoms with van der Waals surface area (Å²) in [4.78, 5) is 24.2. The first-order valence-corrected chi connectivity index (χ1v) is 9.87. The fraction of sp³-hybridized carbons (Fsp3) is 0.391. The zero-order chi connectivity index (χ0) is 19.8. The predicted molar refractivity (Wildman–Crippen MR) is 108 cm³/mol. The molecule has 1 aliphatic rings. The van der Waals surface area contributed by atoms with Crippen molar-refractivity contribution in [3.05, 3.63) is 60.2 Å². The van der Waals surface area contributed by atoms with Crippen LogP contribution in [0.25, 0.3) is 0 Å². The average Bonchev–Trinajstić information content (AvgIpc) is 3.21. The molecule has 0 heterocycles. The Morgan fingerprint density at radius 1 is 1.04 bits per heavy atom. The lowest BCUT2D eigenvalue weighted by Crippen LogP contribution is -2.30. The topological polar surface area (TPSA) is 64.6 Å². The average molecular weight is 381 g/mol. The SMILES string of the molecule is CC(OC(=O)CC1CCCC1)C(=O)Nc1ccc(OCc2ccccc2)cc1. The predicted octanol–water partition coefficient (Wildman–Crippen LogP) is 4.72. The van der Waals surface area contributed by atoms with Crippen LogP contribution in [-0.2, 0) is 20.9 Å². The van der Waals surface area contributed by atoms with Crippen LogP contribution in [0, 0.1) is 5.92 Å². The van der Waals surface area contributed by atoms with Crippen molar-refractivity contribution < 1.29 is 19.1 Å². The van der Waals surface area contributed by atoms with Crippen molar-refractivity contribution >= 4 is 17.6 Å². The summed E-state index contributed by atoms with van der Waals surface area (Å²) in [7, 11) is 0. The Bertz CT molecular complexity index is 767. The van der Waals surface area contributed by atoms with Crippen LogP contribution >= 0.6 is 0 Å². The van der Waals surface area contributed by atoms with Crippen LogP contribution in [-0.4, -0.2) is 18.0 Å². The van der Waals surface area contributed by atoms with Gasteiger partial charge in [-0.1, -0.05) is 43.2 Å². The molecule has 2 aromatic carbocycles. The molecular formula is C23H27NO4. The van der Waals surface area contributed by atoms with E-state index in [0.29, 0.717) is 24.6 Å². The van der Waals surface area contributed by atoms with Gasteiger partial charge in [-0.25, -0.2) is 0 Å². The van der Waals surface area contributed by atoms with Crippen LogP contribution < -0.4 is 10.1 Å². The normalized spacial score (nSPS) is 15.0. The van der Waals surface area contributed by atoms with E-state index in [-0.39, 0.29) is 11.9 Å². The number of amides is 1. The van der Waals surface area contributed by atoms with Gasteiger partial charge in [0, 0.05) is 12.1 Å².